The van der Waals surface area contributed by atoms with E-state index in [0.717, 1.165) is 6.42 Å². The van der Waals surface area contributed by atoms with E-state index in [9.17, 15) is 0 Å². The van der Waals surface area contributed by atoms with Crippen LogP contribution in [0.2, 0.25) is 0 Å². The molecule has 0 aliphatic heterocycles. The van der Waals surface area contributed by atoms with Crippen LogP contribution in [0.4, 0.5) is 0 Å². The van der Waals surface area contributed by atoms with Gasteiger partial charge in [-0.05, 0) is 46.6 Å². The van der Waals surface area contributed by atoms with E-state index in [0.29, 0.717) is 6.04 Å². The number of hydrogen-bond donors (Lipinski definition) is 1. The number of hydrogen-bond acceptors (Lipinski definition) is 3. The van der Waals surface area contributed by atoms with Gasteiger partial charge in [0.25, 0.3) is 0 Å². The van der Waals surface area contributed by atoms with Crippen molar-refractivity contribution in [3.05, 3.63) is 43.2 Å². The fourth-order valence-electron chi connectivity index (χ4n) is 1.49. The lowest BCUT2D eigenvalue weighted by molar-refractivity contribution is 0.607. The normalized spacial score (nSPS) is 12.9. The molecule has 0 saturated heterocycles. The molecule has 0 aromatic carbocycles. The second-order valence-corrected chi connectivity index (χ2v) is 6.79. The van der Waals surface area contributed by atoms with Gasteiger partial charge in [-0.2, -0.15) is 0 Å². The van der Waals surface area contributed by atoms with Crippen molar-refractivity contribution in [2.45, 2.75) is 12.5 Å². The number of thiophene rings is 2. The monoisotopic (exact) mass is 301 g/mol. The van der Waals surface area contributed by atoms with Gasteiger partial charge >= 0.3 is 0 Å². The van der Waals surface area contributed by atoms with Crippen molar-refractivity contribution in [1.82, 2.24) is 5.32 Å². The van der Waals surface area contributed by atoms with E-state index in [-0.39, 0.29) is 0 Å². The Balaban J connectivity index is 2.11. The van der Waals surface area contributed by atoms with Crippen molar-refractivity contribution in [3.8, 4) is 0 Å². The van der Waals surface area contributed by atoms with Crippen molar-refractivity contribution in [1.29, 1.82) is 0 Å². The molecule has 0 radical (unpaired) electrons. The fourth-order valence-corrected chi connectivity index (χ4v) is 3.78. The van der Waals surface area contributed by atoms with Gasteiger partial charge in [-0.1, -0.05) is 6.07 Å². The zero-order valence-electron chi connectivity index (χ0n) is 8.37. The molecule has 0 saturated carbocycles. The summed E-state index contributed by atoms with van der Waals surface area (Å²) in [6, 6.07) is 9.02. The van der Waals surface area contributed by atoms with Gasteiger partial charge < -0.3 is 5.32 Å². The molecule has 0 fully saturated rings. The largest absolute Gasteiger partial charge is 0.312 e. The molecule has 0 spiro atoms. The van der Waals surface area contributed by atoms with Gasteiger partial charge in [0.05, 0.1) is 3.79 Å². The van der Waals surface area contributed by atoms with Gasteiger partial charge in [-0.15, -0.1) is 22.7 Å². The fraction of sp³-hybridized carbons (Fsp3) is 0.273. The lowest BCUT2D eigenvalue weighted by Gasteiger charge is -2.12. The van der Waals surface area contributed by atoms with Crippen LogP contribution in [0.5, 0.6) is 0 Å². The van der Waals surface area contributed by atoms with Crippen LogP contribution in [0.3, 0.4) is 0 Å². The summed E-state index contributed by atoms with van der Waals surface area (Å²) in [5.74, 6) is 0. The van der Waals surface area contributed by atoms with E-state index >= 15 is 0 Å². The average molecular weight is 302 g/mol. The Bertz CT molecular complexity index is 408. The van der Waals surface area contributed by atoms with Crippen molar-refractivity contribution < 1.29 is 0 Å². The van der Waals surface area contributed by atoms with E-state index in [1.165, 1.54) is 13.5 Å². The number of rotatable bonds is 4. The predicted molar refractivity (Wildman–Crippen MR) is 71.8 cm³/mol. The standard InChI is InChI=1S/C11H12BrNS2/c1-13-9(7-8-3-2-6-14-8)10-4-5-11(12)15-10/h2-6,9,13H,7H2,1H3. The van der Waals surface area contributed by atoms with Gasteiger partial charge in [0, 0.05) is 22.2 Å². The smallest absolute Gasteiger partial charge is 0.0701 e. The summed E-state index contributed by atoms with van der Waals surface area (Å²) in [5, 5.41) is 5.50. The molecular formula is C11H12BrNS2. The van der Waals surface area contributed by atoms with Crippen LogP contribution in [0.25, 0.3) is 0 Å². The van der Waals surface area contributed by atoms with E-state index in [1.807, 2.05) is 18.4 Å². The zero-order chi connectivity index (χ0) is 10.7. The number of halogens is 1. The summed E-state index contributed by atoms with van der Waals surface area (Å²) in [7, 11) is 2.02. The Labute approximate surface area is 106 Å². The van der Waals surface area contributed by atoms with Gasteiger partial charge in [0.1, 0.15) is 0 Å². The molecule has 0 aliphatic rings. The van der Waals surface area contributed by atoms with E-state index in [1.54, 1.807) is 11.3 Å². The number of nitrogens with one attached hydrogen (secondary N) is 1. The molecular weight excluding hydrogens is 290 g/mol. The first kappa shape index (κ1) is 11.3. The first-order valence-electron chi connectivity index (χ1n) is 4.74. The third kappa shape index (κ3) is 2.91. The molecule has 1 atom stereocenters. The van der Waals surface area contributed by atoms with E-state index in [2.05, 4.69) is 50.9 Å². The highest BCUT2D eigenvalue weighted by Crippen LogP contribution is 2.29. The maximum atomic E-state index is 3.50. The summed E-state index contributed by atoms with van der Waals surface area (Å²) in [4.78, 5) is 2.82. The summed E-state index contributed by atoms with van der Waals surface area (Å²) >= 11 is 7.12. The van der Waals surface area contributed by atoms with Crippen LogP contribution in [0.1, 0.15) is 15.8 Å². The molecule has 2 aromatic heterocycles. The highest BCUT2D eigenvalue weighted by molar-refractivity contribution is 9.11. The van der Waals surface area contributed by atoms with Crippen molar-refractivity contribution in [3.63, 3.8) is 0 Å². The zero-order valence-corrected chi connectivity index (χ0v) is 11.6. The number of likely N-dealkylation sites (N-methyl/N-ethyl adjacent to an activating group) is 1. The predicted octanol–water partition coefficient (Wildman–Crippen LogP) is 4.08. The van der Waals surface area contributed by atoms with Crippen LogP contribution in [0, 0.1) is 0 Å². The van der Waals surface area contributed by atoms with Gasteiger partial charge in [0.15, 0.2) is 0 Å². The molecule has 0 aliphatic carbocycles. The Morgan fingerprint density at radius 3 is 2.80 bits per heavy atom. The molecule has 1 N–H and O–H groups in total. The van der Waals surface area contributed by atoms with E-state index < -0.39 is 0 Å². The molecule has 2 rings (SSSR count). The molecule has 0 amide bonds. The highest BCUT2D eigenvalue weighted by atomic mass is 79.9. The summed E-state index contributed by atoms with van der Waals surface area (Å²) < 4.78 is 1.20. The SMILES string of the molecule is CNC(Cc1cccs1)c1ccc(Br)s1. The third-order valence-electron chi connectivity index (χ3n) is 2.27. The first-order chi connectivity index (χ1) is 7.29. The maximum Gasteiger partial charge on any atom is 0.0701 e. The maximum absolute atomic E-state index is 3.50. The van der Waals surface area contributed by atoms with Crippen LogP contribution in [0.15, 0.2) is 33.4 Å². The van der Waals surface area contributed by atoms with Gasteiger partial charge in [-0.25, -0.2) is 0 Å². The minimum absolute atomic E-state index is 0.431. The quantitative estimate of drug-likeness (QED) is 0.897. The third-order valence-corrected chi connectivity index (χ3v) is 4.91. The second-order valence-electron chi connectivity index (χ2n) is 3.27. The molecule has 2 heterocycles. The van der Waals surface area contributed by atoms with E-state index in [4.69, 9.17) is 0 Å². The topological polar surface area (TPSA) is 12.0 Å². The molecule has 1 nitrogen and oxygen atoms in total. The molecule has 15 heavy (non-hydrogen) atoms. The summed E-state index contributed by atoms with van der Waals surface area (Å²) in [5.41, 5.74) is 0. The van der Waals surface area contributed by atoms with Crippen LogP contribution >= 0.6 is 38.6 Å². The molecule has 80 valence electrons. The first-order valence-corrected chi connectivity index (χ1v) is 7.23. The lowest BCUT2D eigenvalue weighted by Crippen LogP contribution is -2.17. The highest BCUT2D eigenvalue weighted by Gasteiger charge is 2.12. The van der Waals surface area contributed by atoms with Gasteiger partial charge in [-0.3, -0.25) is 0 Å². The minimum Gasteiger partial charge on any atom is -0.312 e. The summed E-state index contributed by atoms with van der Waals surface area (Å²) in [6.07, 6.45) is 1.07. The lowest BCUT2D eigenvalue weighted by atomic mass is 10.1. The van der Waals surface area contributed by atoms with Gasteiger partial charge in [0.2, 0.25) is 0 Å². The second kappa shape index (κ2) is 5.25. The molecule has 1 unspecified atom stereocenters. The van der Waals surface area contributed by atoms with Crippen molar-refractivity contribution >= 4 is 38.6 Å². The molecule has 4 heteroatoms. The van der Waals surface area contributed by atoms with Crippen molar-refractivity contribution in [2.75, 3.05) is 7.05 Å². The molecule has 0 bridgehead atoms. The minimum atomic E-state index is 0.431. The van der Waals surface area contributed by atoms with Crippen LogP contribution < -0.4 is 5.32 Å². The Morgan fingerprint density at radius 1 is 1.40 bits per heavy atom. The van der Waals surface area contributed by atoms with Crippen LogP contribution in [-0.4, -0.2) is 7.05 Å². The van der Waals surface area contributed by atoms with Crippen molar-refractivity contribution in [2.24, 2.45) is 0 Å². The molecule has 2 aromatic rings. The van der Waals surface area contributed by atoms with Crippen LogP contribution in [-0.2, 0) is 6.42 Å². The Hall–Kier alpha value is -0.160. The average Bonchev–Trinajstić information content (AvgIpc) is 2.85. The Kier molecular flexibility index (Phi) is 3.97. The summed E-state index contributed by atoms with van der Waals surface area (Å²) in [6.45, 7) is 0. The Morgan fingerprint density at radius 2 is 2.27 bits per heavy atom.